The summed E-state index contributed by atoms with van der Waals surface area (Å²) in [5, 5.41) is 8.63. The molecular formula is C12H19N3O6S. The predicted octanol–water partition coefficient (Wildman–Crippen LogP) is -0.491. The predicted molar refractivity (Wildman–Crippen MR) is 74.9 cm³/mol. The Morgan fingerprint density at radius 2 is 2.41 bits per heavy atom. The number of aromatic nitrogens is 2. The van der Waals surface area contributed by atoms with Crippen LogP contribution in [-0.2, 0) is 30.7 Å². The van der Waals surface area contributed by atoms with Gasteiger partial charge in [0, 0.05) is 13.0 Å². The Morgan fingerprint density at radius 3 is 3.05 bits per heavy atom. The Bertz CT molecular complexity index is 614. The molecule has 1 saturated heterocycles. The number of imidazole rings is 1. The number of nitrogens with one attached hydrogen (secondary N) is 2. The molecule has 3 N–H and O–H groups in total. The number of aryl methyl sites for hydroxylation is 1. The Labute approximate surface area is 128 Å². The molecule has 0 aromatic carbocycles. The fraction of sp³-hybridized carbons (Fsp3) is 0.667. The minimum atomic E-state index is -3.80. The molecule has 22 heavy (non-hydrogen) atoms. The molecule has 1 aliphatic rings. The van der Waals surface area contributed by atoms with E-state index in [0.29, 0.717) is 25.3 Å². The summed E-state index contributed by atoms with van der Waals surface area (Å²) in [4.78, 5) is 17.3. The molecule has 0 spiro atoms. The Hall–Kier alpha value is -1.49. The number of aromatic amines is 1. The molecule has 10 heteroatoms. The molecular weight excluding hydrogens is 314 g/mol. The van der Waals surface area contributed by atoms with Crippen molar-refractivity contribution >= 4 is 16.0 Å². The quantitative estimate of drug-likeness (QED) is 0.613. The summed E-state index contributed by atoms with van der Waals surface area (Å²) in [6.07, 6.45) is 1.71. The largest absolute Gasteiger partial charge is 0.480 e. The number of carboxylic acid groups (broad SMARTS) is 1. The van der Waals surface area contributed by atoms with E-state index < -0.39 is 34.7 Å². The lowest BCUT2D eigenvalue weighted by Gasteiger charge is -2.31. The average Bonchev–Trinajstić information content (AvgIpc) is 2.96. The lowest BCUT2D eigenvalue weighted by molar-refractivity contribution is -0.147. The standard InChI is InChI=1S/C12H19N3O6S/c1-2-10-13-5-11(14-10)22(18,19)15-8-6-20-4-3-9(8)21-7-12(16)17/h5,8-9,15H,2-4,6-7H2,1H3,(H,13,14)(H,16,17)/t8-,9+/m1/s1. The van der Waals surface area contributed by atoms with E-state index in [-0.39, 0.29) is 11.6 Å². The maximum atomic E-state index is 12.3. The van der Waals surface area contributed by atoms with E-state index in [1.165, 1.54) is 6.20 Å². The second-order valence-electron chi connectivity index (χ2n) is 4.88. The maximum Gasteiger partial charge on any atom is 0.329 e. The Kier molecular flexibility index (Phi) is 5.51. The number of rotatable bonds is 7. The van der Waals surface area contributed by atoms with E-state index in [9.17, 15) is 13.2 Å². The normalized spacial score (nSPS) is 22.6. The van der Waals surface area contributed by atoms with Gasteiger partial charge in [0.2, 0.25) is 0 Å². The maximum absolute atomic E-state index is 12.3. The molecule has 2 atom stereocenters. The number of aliphatic carboxylic acids is 1. The highest BCUT2D eigenvalue weighted by Gasteiger charge is 2.32. The van der Waals surface area contributed by atoms with E-state index in [1.54, 1.807) is 0 Å². The smallest absolute Gasteiger partial charge is 0.329 e. The molecule has 1 aromatic heterocycles. The van der Waals surface area contributed by atoms with Crippen molar-refractivity contribution in [1.82, 2.24) is 14.7 Å². The molecule has 0 saturated carbocycles. The third-order valence-electron chi connectivity index (χ3n) is 3.25. The molecule has 0 unspecified atom stereocenters. The van der Waals surface area contributed by atoms with Crippen molar-refractivity contribution in [3.05, 3.63) is 12.0 Å². The van der Waals surface area contributed by atoms with Gasteiger partial charge in [-0.2, -0.15) is 0 Å². The molecule has 0 radical (unpaired) electrons. The van der Waals surface area contributed by atoms with Gasteiger partial charge in [-0.1, -0.05) is 6.92 Å². The average molecular weight is 333 g/mol. The van der Waals surface area contributed by atoms with Gasteiger partial charge in [-0.15, -0.1) is 0 Å². The van der Waals surface area contributed by atoms with Gasteiger partial charge in [0.25, 0.3) is 10.0 Å². The van der Waals surface area contributed by atoms with Gasteiger partial charge in [-0.3, -0.25) is 0 Å². The first-order valence-electron chi connectivity index (χ1n) is 6.89. The highest BCUT2D eigenvalue weighted by molar-refractivity contribution is 7.89. The van der Waals surface area contributed by atoms with Gasteiger partial charge in [0.1, 0.15) is 12.4 Å². The van der Waals surface area contributed by atoms with Crippen LogP contribution in [0.5, 0.6) is 0 Å². The summed E-state index contributed by atoms with van der Waals surface area (Å²) in [5.41, 5.74) is 0. The lowest BCUT2D eigenvalue weighted by atomic mass is 10.1. The van der Waals surface area contributed by atoms with Crippen LogP contribution in [0.15, 0.2) is 11.2 Å². The number of carbonyl (C=O) groups is 1. The number of nitrogens with zero attached hydrogens (tertiary/aromatic N) is 1. The Morgan fingerprint density at radius 1 is 1.64 bits per heavy atom. The molecule has 124 valence electrons. The third kappa shape index (κ3) is 4.26. The highest BCUT2D eigenvalue weighted by Crippen LogP contribution is 2.15. The summed E-state index contributed by atoms with van der Waals surface area (Å²) in [6, 6.07) is -0.647. The molecule has 1 aromatic rings. The second kappa shape index (κ2) is 7.18. The van der Waals surface area contributed by atoms with Crippen LogP contribution in [0, 0.1) is 0 Å². The second-order valence-corrected chi connectivity index (χ2v) is 6.56. The van der Waals surface area contributed by atoms with Gasteiger partial charge in [0.05, 0.1) is 24.9 Å². The fourth-order valence-electron chi connectivity index (χ4n) is 2.13. The third-order valence-corrected chi connectivity index (χ3v) is 4.65. The van der Waals surface area contributed by atoms with Crippen LogP contribution in [0.1, 0.15) is 19.2 Å². The zero-order chi connectivity index (χ0) is 16.2. The Balaban J connectivity index is 2.06. The van der Waals surface area contributed by atoms with Crippen molar-refractivity contribution in [3.8, 4) is 0 Å². The molecule has 1 fully saturated rings. The molecule has 0 aliphatic carbocycles. The number of hydrogen-bond acceptors (Lipinski definition) is 6. The highest BCUT2D eigenvalue weighted by atomic mass is 32.2. The van der Waals surface area contributed by atoms with Crippen molar-refractivity contribution < 1.29 is 27.8 Å². The van der Waals surface area contributed by atoms with Crippen LogP contribution in [0.2, 0.25) is 0 Å². The van der Waals surface area contributed by atoms with E-state index in [4.69, 9.17) is 14.6 Å². The summed E-state index contributed by atoms with van der Waals surface area (Å²) < 4.78 is 37.6. The molecule has 2 heterocycles. The summed E-state index contributed by atoms with van der Waals surface area (Å²) in [5.74, 6) is -0.534. The van der Waals surface area contributed by atoms with Gasteiger partial charge in [0.15, 0.2) is 5.03 Å². The molecule has 2 rings (SSSR count). The fourth-order valence-corrected chi connectivity index (χ4v) is 3.32. The molecule has 0 bridgehead atoms. The molecule has 1 aliphatic heterocycles. The number of ether oxygens (including phenoxy) is 2. The van der Waals surface area contributed by atoms with Crippen molar-refractivity contribution in [2.24, 2.45) is 0 Å². The number of H-pyrrole nitrogens is 1. The van der Waals surface area contributed by atoms with E-state index in [2.05, 4.69) is 14.7 Å². The first-order chi connectivity index (χ1) is 10.4. The lowest BCUT2D eigenvalue weighted by Crippen LogP contribution is -2.50. The van der Waals surface area contributed by atoms with E-state index >= 15 is 0 Å². The van der Waals surface area contributed by atoms with Crippen molar-refractivity contribution in [2.45, 2.75) is 36.9 Å². The monoisotopic (exact) mass is 333 g/mol. The molecule has 9 nitrogen and oxygen atoms in total. The number of hydrogen-bond donors (Lipinski definition) is 3. The van der Waals surface area contributed by atoms with Crippen LogP contribution in [-0.4, -0.2) is 61.4 Å². The van der Waals surface area contributed by atoms with Crippen molar-refractivity contribution in [3.63, 3.8) is 0 Å². The minimum Gasteiger partial charge on any atom is -0.480 e. The zero-order valence-corrected chi connectivity index (χ0v) is 12.9. The first kappa shape index (κ1) is 16.9. The summed E-state index contributed by atoms with van der Waals surface area (Å²) in [7, 11) is -3.80. The van der Waals surface area contributed by atoms with Gasteiger partial charge < -0.3 is 19.6 Å². The number of sulfonamides is 1. The SMILES string of the molecule is CCc1ncc(S(=O)(=O)N[C@@H]2COCC[C@@H]2OCC(=O)O)[nH]1. The van der Waals surface area contributed by atoms with Crippen LogP contribution >= 0.6 is 0 Å². The summed E-state index contributed by atoms with van der Waals surface area (Å²) in [6.45, 7) is 1.89. The van der Waals surface area contributed by atoms with Crippen molar-refractivity contribution in [2.75, 3.05) is 19.8 Å². The van der Waals surface area contributed by atoms with Crippen LogP contribution in [0.25, 0.3) is 0 Å². The van der Waals surface area contributed by atoms with Gasteiger partial charge in [-0.25, -0.2) is 22.9 Å². The molecule has 0 amide bonds. The first-order valence-corrected chi connectivity index (χ1v) is 8.38. The zero-order valence-electron chi connectivity index (χ0n) is 12.1. The van der Waals surface area contributed by atoms with Crippen LogP contribution in [0.3, 0.4) is 0 Å². The topological polar surface area (TPSA) is 131 Å². The van der Waals surface area contributed by atoms with E-state index in [1.807, 2.05) is 6.92 Å². The summed E-state index contributed by atoms with van der Waals surface area (Å²) >= 11 is 0. The van der Waals surface area contributed by atoms with Gasteiger partial charge in [-0.05, 0) is 6.42 Å². The van der Waals surface area contributed by atoms with Crippen LogP contribution < -0.4 is 4.72 Å². The van der Waals surface area contributed by atoms with Gasteiger partial charge >= 0.3 is 5.97 Å². The van der Waals surface area contributed by atoms with Crippen molar-refractivity contribution in [1.29, 1.82) is 0 Å². The van der Waals surface area contributed by atoms with E-state index in [0.717, 1.165) is 0 Å². The number of carboxylic acids is 1. The minimum absolute atomic E-state index is 0.0353. The van der Waals surface area contributed by atoms with Crippen LogP contribution in [0.4, 0.5) is 0 Å².